The van der Waals surface area contributed by atoms with Crippen LogP contribution in [0.2, 0.25) is 0 Å². The van der Waals surface area contributed by atoms with E-state index in [4.69, 9.17) is 9.47 Å². The van der Waals surface area contributed by atoms with E-state index in [1.54, 1.807) is 17.5 Å². The summed E-state index contributed by atoms with van der Waals surface area (Å²) in [5.74, 6) is 1.18. The molecule has 3 heterocycles. The Morgan fingerprint density at radius 3 is 2.84 bits per heavy atom. The molecule has 0 bridgehead atoms. The Balaban J connectivity index is 1.31. The fourth-order valence-electron chi connectivity index (χ4n) is 3.30. The van der Waals surface area contributed by atoms with Gasteiger partial charge in [-0.3, -0.25) is 10.1 Å². The quantitative estimate of drug-likeness (QED) is 0.487. The van der Waals surface area contributed by atoms with Crippen molar-refractivity contribution in [1.82, 2.24) is 20.2 Å². The van der Waals surface area contributed by atoms with Crippen LogP contribution >= 0.6 is 23.1 Å². The molecular weight excluding hydrogens is 448 g/mol. The maximum Gasteiger partial charge on any atom is 0.321 e. The number of aromatic nitrogens is 2. The number of fused-ring (bicyclic) bond motifs is 1. The Kier molecular flexibility index (Phi) is 7.33. The van der Waals surface area contributed by atoms with Gasteiger partial charge in [-0.05, 0) is 43.0 Å². The molecule has 4 rings (SSSR count). The van der Waals surface area contributed by atoms with E-state index >= 15 is 0 Å². The largest absolute Gasteiger partial charge is 0.486 e. The molecule has 168 valence electrons. The molecule has 0 unspecified atom stereocenters. The number of hydrogen-bond donors (Lipinski definition) is 2. The Hall–Kier alpha value is -2.98. The fourth-order valence-corrected chi connectivity index (χ4v) is 4.86. The highest BCUT2D eigenvalue weighted by atomic mass is 32.2. The fraction of sp³-hybridized carbons (Fsp3) is 0.318. The van der Waals surface area contributed by atoms with Crippen LogP contribution < -0.4 is 20.1 Å². The number of thiophene rings is 1. The third-order valence-electron chi connectivity index (χ3n) is 4.80. The SMILES string of the molecule is CCn1c(-c2ccc3c(c2)OCCO3)cnc1SCC(=O)NC(=O)NCCc1cccs1. The van der Waals surface area contributed by atoms with Crippen LogP contribution in [0, 0.1) is 0 Å². The van der Waals surface area contributed by atoms with E-state index in [1.807, 2.05) is 47.2 Å². The summed E-state index contributed by atoms with van der Waals surface area (Å²) in [6.07, 6.45) is 2.52. The molecule has 0 radical (unpaired) electrons. The number of imidazole rings is 1. The average molecular weight is 473 g/mol. The van der Waals surface area contributed by atoms with Gasteiger partial charge in [-0.1, -0.05) is 17.8 Å². The number of ether oxygens (including phenoxy) is 2. The predicted molar refractivity (Wildman–Crippen MR) is 125 cm³/mol. The second-order valence-electron chi connectivity index (χ2n) is 6.95. The van der Waals surface area contributed by atoms with Gasteiger partial charge in [0.15, 0.2) is 16.7 Å². The highest BCUT2D eigenvalue weighted by Crippen LogP contribution is 2.35. The van der Waals surface area contributed by atoms with Crippen LogP contribution in [-0.2, 0) is 17.8 Å². The van der Waals surface area contributed by atoms with Crippen LogP contribution in [0.4, 0.5) is 4.79 Å². The number of thioether (sulfide) groups is 1. The molecule has 1 aromatic carbocycles. The van der Waals surface area contributed by atoms with E-state index in [1.165, 1.54) is 16.6 Å². The first-order chi connectivity index (χ1) is 15.6. The zero-order valence-electron chi connectivity index (χ0n) is 17.6. The number of urea groups is 1. The monoisotopic (exact) mass is 472 g/mol. The molecule has 10 heteroatoms. The number of hydrogen-bond acceptors (Lipinski definition) is 7. The van der Waals surface area contributed by atoms with Crippen LogP contribution in [-0.4, -0.2) is 47.0 Å². The smallest absolute Gasteiger partial charge is 0.321 e. The number of amides is 3. The molecule has 3 amide bonds. The summed E-state index contributed by atoms with van der Waals surface area (Å²) in [4.78, 5) is 29.8. The van der Waals surface area contributed by atoms with Crippen molar-refractivity contribution in [1.29, 1.82) is 0 Å². The summed E-state index contributed by atoms with van der Waals surface area (Å²) in [7, 11) is 0. The molecular formula is C22H24N4O4S2. The standard InChI is InChI=1S/C22H24N4O4S2/c1-2-26-17(15-5-6-18-19(12-15)30-10-9-29-18)13-24-22(26)32-14-20(27)25-21(28)23-8-7-16-4-3-11-31-16/h3-6,11-13H,2,7-10,14H2,1H3,(H2,23,25,27,28). The van der Waals surface area contributed by atoms with Gasteiger partial charge in [-0.25, -0.2) is 9.78 Å². The van der Waals surface area contributed by atoms with E-state index in [0.717, 1.165) is 29.2 Å². The number of imide groups is 1. The molecule has 1 aliphatic rings. The van der Waals surface area contributed by atoms with Crippen LogP contribution in [0.3, 0.4) is 0 Å². The Labute approximate surface area is 194 Å². The van der Waals surface area contributed by atoms with E-state index in [-0.39, 0.29) is 11.7 Å². The summed E-state index contributed by atoms with van der Waals surface area (Å²) < 4.78 is 13.3. The summed E-state index contributed by atoms with van der Waals surface area (Å²) in [6, 6.07) is 9.32. The van der Waals surface area contributed by atoms with Crippen LogP contribution in [0.1, 0.15) is 11.8 Å². The van der Waals surface area contributed by atoms with Gasteiger partial charge in [0.25, 0.3) is 0 Å². The third-order valence-corrected chi connectivity index (χ3v) is 6.72. The number of carbonyl (C=O) groups excluding carboxylic acids is 2. The van der Waals surface area contributed by atoms with E-state index in [9.17, 15) is 9.59 Å². The molecule has 0 saturated heterocycles. The van der Waals surface area contributed by atoms with Gasteiger partial charge in [0.1, 0.15) is 13.2 Å². The van der Waals surface area contributed by atoms with E-state index < -0.39 is 6.03 Å². The molecule has 32 heavy (non-hydrogen) atoms. The van der Waals surface area contributed by atoms with E-state index in [0.29, 0.717) is 31.5 Å². The van der Waals surface area contributed by atoms with Gasteiger partial charge in [-0.15, -0.1) is 11.3 Å². The minimum Gasteiger partial charge on any atom is -0.486 e. The Morgan fingerprint density at radius 2 is 2.06 bits per heavy atom. The summed E-state index contributed by atoms with van der Waals surface area (Å²) in [6.45, 7) is 4.27. The zero-order valence-corrected chi connectivity index (χ0v) is 19.3. The molecule has 3 aromatic rings. The summed E-state index contributed by atoms with van der Waals surface area (Å²) in [5.41, 5.74) is 1.89. The van der Waals surface area contributed by atoms with Gasteiger partial charge < -0.3 is 19.4 Å². The second kappa shape index (κ2) is 10.6. The van der Waals surface area contributed by atoms with E-state index in [2.05, 4.69) is 15.6 Å². The van der Waals surface area contributed by atoms with Gasteiger partial charge in [0.2, 0.25) is 5.91 Å². The van der Waals surface area contributed by atoms with Crippen LogP contribution in [0.25, 0.3) is 11.3 Å². The molecule has 0 saturated carbocycles. The van der Waals surface area contributed by atoms with Gasteiger partial charge >= 0.3 is 6.03 Å². The second-order valence-corrected chi connectivity index (χ2v) is 8.93. The van der Waals surface area contributed by atoms with Gasteiger partial charge in [0, 0.05) is 23.5 Å². The number of carbonyl (C=O) groups is 2. The van der Waals surface area contributed by atoms with Crippen molar-refractivity contribution in [3.63, 3.8) is 0 Å². The lowest BCUT2D eigenvalue weighted by Gasteiger charge is -2.19. The minimum atomic E-state index is -0.483. The number of benzene rings is 1. The topological polar surface area (TPSA) is 94.5 Å². The van der Waals surface area contributed by atoms with Gasteiger partial charge in [-0.2, -0.15) is 0 Å². The highest BCUT2D eigenvalue weighted by molar-refractivity contribution is 7.99. The molecule has 0 spiro atoms. The molecule has 1 aliphatic heterocycles. The number of nitrogens with zero attached hydrogens (tertiary/aromatic N) is 2. The lowest BCUT2D eigenvalue weighted by Crippen LogP contribution is -2.41. The third kappa shape index (κ3) is 5.43. The first-order valence-electron chi connectivity index (χ1n) is 10.3. The summed E-state index contributed by atoms with van der Waals surface area (Å²) in [5, 5.41) is 7.78. The van der Waals surface area contributed by atoms with Crippen molar-refractivity contribution >= 4 is 35.0 Å². The molecule has 2 N–H and O–H groups in total. The normalized spacial score (nSPS) is 12.4. The first kappa shape index (κ1) is 22.2. The lowest BCUT2D eigenvalue weighted by molar-refractivity contribution is -0.117. The molecule has 8 nitrogen and oxygen atoms in total. The van der Waals surface area contributed by atoms with Crippen molar-refractivity contribution in [3.05, 3.63) is 46.8 Å². The number of rotatable bonds is 8. The molecule has 0 fully saturated rings. The molecule has 0 atom stereocenters. The maximum atomic E-state index is 12.2. The maximum absolute atomic E-state index is 12.2. The minimum absolute atomic E-state index is 0.0932. The van der Waals surface area contributed by atoms with Crippen LogP contribution in [0.5, 0.6) is 11.5 Å². The lowest BCUT2D eigenvalue weighted by atomic mass is 10.1. The average Bonchev–Trinajstić information content (AvgIpc) is 3.47. The zero-order chi connectivity index (χ0) is 22.3. The molecule has 0 aliphatic carbocycles. The van der Waals surface area contributed by atoms with Crippen molar-refractivity contribution in [2.45, 2.75) is 25.0 Å². The molecule has 2 aromatic heterocycles. The Bertz CT molecular complexity index is 1080. The van der Waals surface area contributed by atoms with Crippen molar-refractivity contribution < 1.29 is 19.1 Å². The van der Waals surface area contributed by atoms with Crippen molar-refractivity contribution in [3.8, 4) is 22.8 Å². The summed E-state index contributed by atoms with van der Waals surface area (Å²) >= 11 is 2.93. The van der Waals surface area contributed by atoms with Crippen molar-refractivity contribution in [2.24, 2.45) is 0 Å². The first-order valence-corrected chi connectivity index (χ1v) is 12.2. The predicted octanol–water partition coefficient (Wildman–Crippen LogP) is 3.56. The number of nitrogens with one attached hydrogen (secondary N) is 2. The van der Waals surface area contributed by atoms with Crippen LogP contribution in [0.15, 0.2) is 47.1 Å². The Morgan fingerprint density at radius 1 is 1.22 bits per heavy atom. The van der Waals surface area contributed by atoms with Crippen molar-refractivity contribution in [2.75, 3.05) is 25.5 Å². The van der Waals surface area contributed by atoms with Gasteiger partial charge in [0.05, 0.1) is 17.6 Å². The highest BCUT2D eigenvalue weighted by Gasteiger charge is 2.17.